The van der Waals surface area contributed by atoms with Crippen LogP contribution in [0.5, 0.6) is 0 Å². The van der Waals surface area contributed by atoms with E-state index in [1.807, 2.05) is 0 Å². The first-order chi connectivity index (χ1) is 5.77. The first kappa shape index (κ1) is 12.2. The molecule has 0 aliphatic carbocycles. The summed E-state index contributed by atoms with van der Waals surface area (Å²) in [6, 6.07) is 0. The zero-order chi connectivity index (χ0) is 9.23. The molecule has 3 heteroatoms. The van der Waals surface area contributed by atoms with Crippen LogP contribution in [0.2, 0.25) is 0 Å². The highest BCUT2D eigenvalue weighted by atomic mass is 32.2. The van der Waals surface area contributed by atoms with Gasteiger partial charge in [0.2, 0.25) is 4.38 Å². The van der Waals surface area contributed by atoms with Gasteiger partial charge >= 0.3 is 0 Å². The standard InChI is InChI=1S/C9H18OS2/c1-2-3-4-5-6-7-8-12-9(10)11/h2-8H2,1H3,(H,10,11). The van der Waals surface area contributed by atoms with Gasteiger partial charge in [-0.15, -0.1) is 0 Å². The Bertz CT molecular complexity index is 115. The summed E-state index contributed by atoms with van der Waals surface area (Å²) in [5.74, 6) is 0.974. The Balaban J connectivity index is 2.86. The molecule has 0 rings (SSSR count). The Labute approximate surface area is 84.9 Å². The van der Waals surface area contributed by atoms with E-state index in [1.54, 1.807) is 0 Å². The Hall–Kier alpha value is 0.240. The summed E-state index contributed by atoms with van der Waals surface area (Å²) in [4.78, 5) is 0. The van der Waals surface area contributed by atoms with Crippen LogP contribution in [0.15, 0.2) is 0 Å². The van der Waals surface area contributed by atoms with Gasteiger partial charge in [0.1, 0.15) is 0 Å². The van der Waals surface area contributed by atoms with Gasteiger partial charge in [-0.05, 0) is 18.6 Å². The molecule has 72 valence electrons. The van der Waals surface area contributed by atoms with Gasteiger partial charge in [-0.1, -0.05) is 50.8 Å². The van der Waals surface area contributed by atoms with Gasteiger partial charge in [0, 0.05) is 5.75 Å². The maximum absolute atomic E-state index is 8.69. The van der Waals surface area contributed by atoms with E-state index in [-0.39, 0.29) is 4.38 Å². The number of thiocarbonyl (C=S) groups is 1. The summed E-state index contributed by atoms with van der Waals surface area (Å²) in [6.45, 7) is 2.22. The number of rotatable bonds is 7. The van der Waals surface area contributed by atoms with E-state index in [0.29, 0.717) is 0 Å². The molecule has 0 unspecified atom stereocenters. The molecule has 0 bridgehead atoms. The molecule has 12 heavy (non-hydrogen) atoms. The third-order valence-electron chi connectivity index (χ3n) is 1.72. The Morgan fingerprint density at radius 1 is 1.17 bits per heavy atom. The molecule has 0 spiro atoms. The fourth-order valence-corrected chi connectivity index (χ4v) is 1.81. The molecule has 1 nitrogen and oxygen atoms in total. The maximum atomic E-state index is 8.69. The second kappa shape index (κ2) is 9.33. The molecule has 0 aliphatic heterocycles. The topological polar surface area (TPSA) is 20.2 Å². The van der Waals surface area contributed by atoms with Gasteiger partial charge < -0.3 is 5.11 Å². The van der Waals surface area contributed by atoms with Gasteiger partial charge in [0.15, 0.2) is 0 Å². The molecule has 0 amide bonds. The summed E-state index contributed by atoms with van der Waals surface area (Å²) in [5.41, 5.74) is 0. The number of hydrogen-bond donors (Lipinski definition) is 1. The predicted octanol–water partition coefficient (Wildman–Crippen LogP) is 3.92. The van der Waals surface area contributed by atoms with E-state index in [4.69, 9.17) is 5.11 Å². The van der Waals surface area contributed by atoms with E-state index in [1.165, 1.54) is 50.3 Å². The fourth-order valence-electron chi connectivity index (χ4n) is 1.04. The van der Waals surface area contributed by atoms with Crippen molar-refractivity contribution in [3.63, 3.8) is 0 Å². The third kappa shape index (κ3) is 10.2. The van der Waals surface area contributed by atoms with Crippen LogP contribution in [-0.2, 0) is 0 Å². The number of unbranched alkanes of at least 4 members (excludes halogenated alkanes) is 5. The average molecular weight is 206 g/mol. The Morgan fingerprint density at radius 2 is 1.75 bits per heavy atom. The van der Waals surface area contributed by atoms with Crippen molar-refractivity contribution >= 4 is 28.4 Å². The highest BCUT2D eigenvalue weighted by Crippen LogP contribution is 2.09. The van der Waals surface area contributed by atoms with Crippen molar-refractivity contribution in [2.24, 2.45) is 0 Å². The second-order valence-corrected chi connectivity index (χ2v) is 4.61. The normalized spacial score (nSPS) is 10.1. The molecule has 0 saturated heterocycles. The third-order valence-corrected chi connectivity index (χ3v) is 2.82. The van der Waals surface area contributed by atoms with E-state index in [9.17, 15) is 0 Å². The molecule has 1 N–H and O–H groups in total. The van der Waals surface area contributed by atoms with Gasteiger partial charge in [-0.25, -0.2) is 0 Å². The van der Waals surface area contributed by atoms with Crippen LogP contribution in [-0.4, -0.2) is 15.2 Å². The first-order valence-corrected chi connectivity index (χ1v) is 6.02. The van der Waals surface area contributed by atoms with Crippen LogP contribution in [0.4, 0.5) is 0 Å². The quantitative estimate of drug-likeness (QED) is 0.503. The lowest BCUT2D eigenvalue weighted by Gasteiger charge is -1.99. The number of thioether (sulfide) groups is 1. The van der Waals surface area contributed by atoms with Crippen LogP contribution in [0.3, 0.4) is 0 Å². The summed E-state index contributed by atoms with van der Waals surface area (Å²) < 4.78 is 0.0866. The van der Waals surface area contributed by atoms with E-state index in [2.05, 4.69) is 19.1 Å². The van der Waals surface area contributed by atoms with Crippen LogP contribution >= 0.6 is 24.0 Å². The zero-order valence-corrected chi connectivity index (χ0v) is 9.35. The molecule has 0 aromatic heterocycles. The monoisotopic (exact) mass is 206 g/mol. The molecular formula is C9H18OS2. The summed E-state index contributed by atoms with van der Waals surface area (Å²) in [6.07, 6.45) is 7.78. The molecule has 0 heterocycles. The van der Waals surface area contributed by atoms with Crippen molar-refractivity contribution in [1.82, 2.24) is 0 Å². The molecule has 0 atom stereocenters. The lowest BCUT2D eigenvalue weighted by Crippen LogP contribution is -1.87. The van der Waals surface area contributed by atoms with Crippen molar-refractivity contribution in [2.75, 3.05) is 5.75 Å². The van der Waals surface area contributed by atoms with E-state index in [0.717, 1.165) is 5.75 Å². The Morgan fingerprint density at radius 3 is 2.33 bits per heavy atom. The Kier molecular flexibility index (Phi) is 9.52. The van der Waals surface area contributed by atoms with Crippen molar-refractivity contribution in [3.05, 3.63) is 0 Å². The minimum Gasteiger partial charge on any atom is -0.494 e. The molecule has 0 aliphatic rings. The van der Waals surface area contributed by atoms with Gasteiger partial charge in [0.25, 0.3) is 0 Å². The summed E-state index contributed by atoms with van der Waals surface area (Å²) in [7, 11) is 0. The highest BCUT2D eigenvalue weighted by Gasteiger charge is 1.93. The van der Waals surface area contributed by atoms with Crippen LogP contribution in [0, 0.1) is 0 Å². The highest BCUT2D eigenvalue weighted by molar-refractivity contribution is 8.22. The minimum absolute atomic E-state index is 0.0866. The second-order valence-electron chi connectivity index (χ2n) is 2.88. The first-order valence-electron chi connectivity index (χ1n) is 4.63. The molecule has 0 fully saturated rings. The zero-order valence-electron chi connectivity index (χ0n) is 7.71. The fraction of sp³-hybridized carbons (Fsp3) is 0.889. The number of hydrogen-bond acceptors (Lipinski definition) is 2. The van der Waals surface area contributed by atoms with E-state index < -0.39 is 0 Å². The smallest absolute Gasteiger partial charge is 0.217 e. The van der Waals surface area contributed by atoms with Gasteiger partial charge in [-0.2, -0.15) is 0 Å². The molecular weight excluding hydrogens is 188 g/mol. The van der Waals surface area contributed by atoms with Crippen molar-refractivity contribution in [3.8, 4) is 0 Å². The summed E-state index contributed by atoms with van der Waals surface area (Å²) in [5, 5.41) is 8.69. The molecule has 0 aromatic carbocycles. The predicted molar refractivity (Wildman–Crippen MR) is 61.1 cm³/mol. The van der Waals surface area contributed by atoms with Crippen molar-refractivity contribution in [1.29, 1.82) is 0 Å². The van der Waals surface area contributed by atoms with Gasteiger partial charge in [-0.3, -0.25) is 0 Å². The van der Waals surface area contributed by atoms with E-state index >= 15 is 0 Å². The number of aliphatic hydroxyl groups is 1. The van der Waals surface area contributed by atoms with Crippen LogP contribution in [0.1, 0.15) is 45.4 Å². The van der Waals surface area contributed by atoms with Crippen LogP contribution in [0.25, 0.3) is 0 Å². The summed E-state index contributed by atoms with van der Waals surface area (Å²) >= 11 is 5.92. The molecule has 0 radical (unpaired) electrons. The number of aliphatic hydroxyl groups excluding tert-OH is 1. The van der Waals surface area contributed by atoms with Crippen molar-refractivity contribution in [2.45, 2.75) is 45.4 Å². The molecule has 0 aromatic rings. The largest absolute Gasteiger partial charge is 0.494 e. The van der Waals surface area contributed by atoms with Gasteiger partial charge in [0.05, 0.1) is 0 Å². The lowest BCUT2D eigenvalue weighted by molar-refractivity contribution is 0.585. The van der Waals surface area contributed by atoms with Crippen molar-refractivity contribution < 1.29 is 5.11 Å². The molecule has 0 saturated carbocycles. The SMILES string of the molecule is CCCCCCCCSC(O)=S. The maximum Gasteiger partial charge on any atom is 0.217 e. The lowest BCUT2D eigenvalue weighted by atomic mass is 10.1. The van der Waals surface area contributed by atoms with Crippen LogP contribution < -0.4 is 0 Å². The minimum atomic E-state index is 0.0866. The average Bonchev–Trinajstić information content (AvgIpc) is 2.02.